The average molecular weight is 931 g/mol. The van der Waals surface area contributed by atoms with Gasteiger partial charge < -0.3 is 0 Å². The number of hydrogen-bond acceptors (Lipinski definition) is 6. The Morgan fingerprint density at radius 1 is 0.400 bits per heavy atom. The number of allylic oxidation sites excluding steroid dienone is 4. The minimum atomic E-state index is 0.187. The van der Waals surface area contributed by atoms with Gasteiger partial charge in [0.1, 0.15) is 33.7 Å². The van der Waals surface area contributed by atoms with Crippen molar-refractivity contribution in [3.63, 3.8) is 0 Å². The van der Waals surface area contributed by atoms with Gasteiger partial charge in [-0.25, -0.2) is 19.9 Å². The predicted molar refractivity (Wildman–Crippen MR) is 294 cm³/mol. The molecule has 0 bridgehead atoms. The first kappa shape index (κ1) is 39.4. The van der Waals surface area contributed by atoms with Crippen molar-refractivity contribution in [2.24, 2.45) is 0 Å². The summed E-state index contributed by atoms with van der Waals surface area (Å²) < 4.78 is 9.09. The van der Waals surface area contributed by atoms with E-state index in [0.717, 1.165) is 115 Å². The van der Waals surface area contributed by atoms with E-state index >= 15 is 0 Å². The standard InChI is InChI=1S/C62H38N6S2/c1-4-18-37(19-5-1)44-34-48(64-58-59-62(70-61(44)58)46(39-22-8-3-9-23-39)36-55(66-59)68-51-30-16-12-26-42(51)43-27-13-17-31-52(43)68)47-32-33-53-56(63-47)57-60(69-53)45(38-20-6-2-7-21-38)35-54(65-57)67-49-28-14-10-24-40(49)41-25-11-15-29-50(41)67/h1-22,24-36,39H,23H2. The Hall–Kier alpha value is -8.56. The van der Waals surface area contributed by atoms with Crippen LogP contribution in [-0.4, -0.2) is 29.1 Å². The van der Waals surface area contributed by atoms with Crippen molar-refractivity contribution in [2.45, 2.75) is 12.3 Å². The molecule has 8 heteroatoms. The number of nitrogens with zero attached hydrogens (tertiary/aromatic N) is 6. The molecule has 1 aliphatic rings. The molecule has 1 unspecified atom stereocenters. The summed E-state index contributed by atoms with van der Waals surface area (Å²) in [4.78, 5) is 22.5. The third kappa shape index (κ3) is 5.97. The maximum atomic E-state index is 5.67. The number of thiophene rings is 2. The Bertz CT molecular complexity index is 4410. The summed E-state index contributed by atoms with van der Waals surface area (Å²) in [5.74, 6) is 1.93. The van der Waals surface area contributed by atoms with Crippen LogP contribution in [0.25, 0.3) is 130 Å². The van der Waals surface area contributed by atoms with E-state index in [0.29, 0.717) is 0 Å². The van der Waals surface area contributed by atoms with Gasteiger partial charge in [-0.1, -0.05) is 158 Å². The fourth-order valence-corrected chi connectivity index (χ4v) is 13.3. The number of aromatic nitrogens is 6. The first-order chi connectivity index (χ1) is 34.7. The first-order valence-electron chi connectivity index (χ1n) is 23.7. The minimum Gasteiger partial charge on any atom is -0.294 e. The third-order valence-electron chi connectivity index (χ3n) is 14.1. The number of hydrogen-bond donors (Lipinski definition) is 0. The van der Waals surface area contributed by atoms with E-state index in [4.69, 9.17) is 19.9 Å². The Labute approximate surface area is 409 Å². The molecule has 1 atom stereocenters. The highest BCUT2D eigenvalue weighted by atomic mass is 32.1. The molecule has 70 heavy (non-hydrogen) atoms. The second-order valence-corrected chi connectivity index (χ2v) is 20.1. The average Bonchev–Trinajstić information content (AvgIpc) is 4.18. The van der Waals surface area contributed by atoms with E-state index in [2.05, 4.69) is 221 Å². The highest BCUT2D eigenvalue weighted by molar-refractivity contribution is 7.26. The third-order valence-corrected chi connectivity index (χ3v) is 16.5. The quantitative estimate of drug-likeness (QED) is 0.167. The molecular weight excluding hydrogens is 893 g/mol. The molecule has 6 nitrogen and oxygen atoms in total. The number of rotatable bonds is 6. The van der Waals surface area contributed by atoms with Gasteiger partial charge in [-0.2, -0.15) is 0 Å². The van der Waals surface area contributed by atoms with Crippen LogP contribution in [0.3, 0.4) is 0 Å². The van der Waals surface area contributed by atoms with Crippen LogP contribution in [-0.2, 0) is 0 Å². The fraction of sp³-hybridized carbons (Fsp3) is 0.0323. The van der Waals surface area contributed by atoms with Gasteiger partial charge in [0.2, 0.25) is 0 Å². The van der Waals surface area contributed by atoms with E-state index in [9.17, 15) is 0 Å². The molecule has 328 valence electrons. The summed E-state index contributed by atoms with van der Waals surface area (Å²) in [6.07, 6.45) is 9.85. The molecule has 0 spiro atoms. The van der Waals surface area contributed by atoms with Crippen LogP contribution in [0, 0.1) is 0 Å². The molecule has 8 aromatic heterocycles. The Morgan fingerprint density at radius 2 is 0.886 bits per heavy atom. The van der Waals surface area contributed by atoms with Gasteiger partial charge in [-0.15, -0.1) is 22.7 Å². The van der Waals surface area contributed by atoms with Crippen LogP contribution in [0.5, 0.6) is 0 Å². The number of para-hydroxylation sites is 4. The van der Waals surface area contributed by atoms with Crippen molar-refractivity contribution in [1.29, 1.82) is 0 Å². The van der Waals surface area contributed by atoms with Gasteiger partial charge in [-0.3, -0.25) is 9.13 Å². The van der Waals surface area contributed by atoms with Crippen LogP contribution in [0.1, 0.15) is 17.9 Å². The summed E-state index contributed by atoms with van der Waals surface area (Å²) in [5, 5.41) is 4.81. The number of benzene rings is 6. The molecule has 1 aliphatic carbocycles. The molecule has 0 radical (unpaired) electrons. The maximum Gasteiger partial charge on any atom is 0.139 e. The number of fused-ring (bicyclic) bond motifs is 12. The molecule has 15 rings (SSSR count). The van der Waals surface area contributed by atoms with E-state index in [1.807, 2.05) is 0 Å². The van der Waals surface area contributed by atoms with Crippen LogP contribution in [0.15, 0.2) is 212 Å². The molecule has 0 fully saturated rings. The van der Waals surface area contributed by atoms with Gasteiger partial charge in [-0.05, 0) is 77.7 Å². The largest absolute Gasteiger partial charge is 0.294 e. The normalized spacial score (nSPS) is 14.0. The van der Waals surface area contributed by atoms with Gasteiger partial charge in [0.15, 0.2) is 0 Å². The van der Waals surface area contributed by atoms with Crippen molar-refractivity contribution in [2.75, 3.05) is 0 Å². The zero-order valence-electron chi connectivity index (χ0n) is 37.5. The van der Waals surface area contributed by atoms with E-state index in [1.165, 1.54) is 27.1 Å². The van der Waals surface area contributed by atoms with Gasteiger partial charge in [0.05, 0.1) is 52.3 Å². The SMILES string of the molecule is C1=CCC(c2cc(-n3c4ccccc4c4ccccc43)nc3c2sc2c(-c4ccccc4)cc(-c4ccc5sc6c(-c7ccccc7)cc(-n7c8ccccc8c8ccccc87)nc6c5n4)nc23)C=C1. The van der Waals surface area contributed by atoms with E-state index < -0.39 is 0 Å². The highest BCUT2D eigenvalue weighted by Crippen LogP contribution is 2.47. The Balaban J connectivity index is 0.998. The second kappa shape index (κ2) is 15.5. The summed E-state index contributed by atoms with van der Waals surface area (Å²) >= 11 is 3.55. The molecule has 6 aromatic carbocycles. The Morgan fingerprint density at radius 3 is 1.46 bits per heavy atom. The van der Waals surface area contributed by atoms with E-state index in [1.54, 1.807) is 22.7 Å². The summed E-state index contributed by atoms with van der Waals surface area (Å²) in [6.45, 7) is 0. The van der Waals surface area contributed by atoms with E-state index in [-0.39, 0.29) is 5.92 Å². The summed E-state index contributed by atoms with van der Waals surface area (Å²) in [7, 11) is 0. The fourth-order valence-electron chi connectivity index (χ4n) is 10.9. The molecular formula is C62H38N6S2. The molecule has 14 aromatic rings. The van der Waals surface area contributed by atoms with Crippen LogP contribution >= 0.6 is 22.7 Å². The minimum absolute atomic E-state index is 0.187. The maximum absolute atomic E-state index is 5.67. The molecule has 0 amide bonds. The molecule has 0 saturated heterocycles. The lowest BCUT2D eigenvalue weighted by Crippen LogP contribution is -2.03. The molecule has 0 saturated carbocycles. The summed E-state index contributed by atoms with van der Waals surface area (Å²) in [5.41, 5.74) is 15.4. The lowest BCUT2D eigenvalue weighted by Gasteiger charge is -2.17. The van der Waals surface area contributed by atoms with Crippen LogP contribution < -0.4 is 0 Å². The second-order valence-electron chi connectivity index (χ2n) is 18.1. The van der Waals surface area contributed by atoms with Gasteiger partial charge in [0, 0.05) is 38.6 Å². The monoisotopic (exact) mass is 930 g/mol. The lowest BCUT2D eigenvalue weighted by molar-refractivity contribution is 0.859. The van der Waals surface area contributed by atoms with Gasteiger partial charge >= 0.3 is 0 Å². The van der Waals surface area contributed by atoms with Crippen molar-refractivity contribution < 1.29 is 0 Å². The number of pyridine rings is 4. The summed E-state index contributed by atoms with van der Waals surface area (Å²) in [6, 6.07) is 67.1. The van der Waals surface area contributed by atoms with Crippen LogP contribution in [0.2, 0.25) is 0 Å². The van der Waals surface area contributed by atoms with Crippen molar-refractivity contribution in [3.05, 3.63) is 218 Å². The molecule has 0 N–H and O–H groups in total. The van der Waals surface area contributed by atoms with Gasteiger partial charge in [0.25, 0.3) is 0 Å². The smallest absolute Gasteiger partial charge is 0.139 e. The van der Waals surface area contributed by atoms with Crippen molar-refractivity contribution >= 4 is 107 Å². The topological polar surface area (TPSA) is 61.4 Å². The van der Waals surface area contributed by atoms with Crippen LogP contribution in [0.4, 0.5) is 0 Å². The predicted octanol–water partition coefficient (Wildman–Crippen LogP) is 16.8. The van der Waals surface area contributed by atoms with Crippen molar-refractivity contribution in [3.8, 4) is 45.3 Å². The molecule has 0 aliphatic heterocycles. The zero-order valence-corrected chi connectivity index (χ0v) is 39.1. The zero-order chi connectivity index (χ0) is 45.9. The first-order valence-corrected chi connectivity index (χ1v) is 25.3. The molecule has 8 heterocycles. The lowest BCUT2D eigenvalue weighted by atomic mass is 9.92. The highest BCUT2D eigenvalue weighted by Gasteiger charge is 2.25. The Kier molecular flexibility index (Phi) is 8.72. The van der Waals surface area contributed by atoms with Crippen molar-refractivity contribution in [1.82, 2.24) is 29.1 Å².